The second-order valence-electron chi connectivity index (χ2n) is 11.2. The molecular formula is C30H40F6N6O. The molecule has 2 heterocycles. The van der Waals surface area contributed by atoms with Gasteiger partial charge in [0.2, 0.25) is 0 Å². The molecule has 4 rings (SSSR count). The summed E-state index contributed by atoms with van der Waals surface area (Å²) in [5.41, 5.74) is 4.81. The number of hydrogen-bond donors (Lipinski definition) is 2. The number of hydrogen-bond acceptors (Lipinski definition) is 6. The molecule has 7 nitrogen and oxygen atoms in total. The predicted molar refractivity (Wildman–Crippen MR) is 155 cm³/mol. The van der Waals surface area contributed by atoms with E-state index in [0.717, 1.165) is 37.8 Å². The van der Waals surface area contributed by atoms with Gasteiger partial charge < -0.3 is 20.9 Å². The number of nitrogens with one attached hydrogen (secondary N) is 1. The third kappa shape index (κ3) is 8.33. The van der Waals surface area contributed by atoms with E-state index in [2.05, 4.69) is 22.0 Å². The Hall–Kier alpha value is -3.03. The van der Waals surface area contributed by atoms with Crippen molar-refractivity contribution in [2.75, 3.05) is 83.5 Å². The van der Waals surface area contributed by atoms with Crippen molar-refractivity contribution in [3.63, 3.8) is 0 Å². The lowest BCUT2D eigenvalue weighted by Crippen LogP contribution is -2.49. The van der Waals surface area contributed by atoms with Gasteiger partial charge in [0.05, 0.1) is 16.7 Å². The normalized spacial score (nSPS) is 17.8. The minimum absolute atomic E-state index is 0.0674. The minimum Gasteiger partial charge on any atom is -0.399 e. The van der Waals surface area contributed by atoms with Crippen molar-refractivity contribution < 1.29 is 31.1 Å². The first-order chi connectivity index (χ1) is 20.3. The molecule has 2 aliphatic rings. The van der Waals surface area contributed by atoms with Crippen LogP contribution in [-0.4, -0.2) is 98.0 Å². The van der Waals surface area contributed by atoms with Crippen molar-refractivity contribution >= 4 is 17.3 Å². The third-order valence-electron chi connectivity index (χ3n) is 8.34. The van der Waals surface area contributed by atoms with E-state index in [-0.39, 0.29) is 42.9 Å². The fourth-order valence-electron chi connectivity index (χ4n) is 5.93. The van der Waals surface area contributed by atoms with Crippen molar-refractivity contribution in [2.24, 2.45) is 0 Å². The lowest BCUT2D eigenvalue weighted by atomic mass is 9.95. The molecule has 0 spiro atoms. The Morgan fingerprint density at radius 2 is 1.44 bits per heavy atom. The molecule has 0 bridgehead atoms. The van der Waals surface area contributed by atoms with Gasteiger partial charge in [-0.05, 0) is 67.4 Å². The molecule has 0 radical (unpaired) electrons. The van der Waals surface area contributed by atoms with Gasteiger partial charge in [0.25, 0.3) is 5.91 Å². The SMILES string of the molecule is CCN1CCN(Cc2cc(NC)cc(CCCN3CCN(C(=O)c4cc(N)ccc4C(F)(F)F)CC3)c2C(F)(F)F)CC1. The average molecular weight is 615 g/mol. The number of amides is 1. The Kier molecular flexibility index (Phi) is 10.5. The Morgan fingerprint density at radius 1 is 0.837 bits per heavy atom. The molecule has 0 atom stereocenters. The van der Waals surface area contributed by atoms with Crippen LogP contribution in [-0.2, 0) is 25.3 Å². The topological polar surface area (TPSA) is 68.1 Å². The molecule has 13 heteroatoms. The number of nitrogen functional groups attached to an aromatic ring is 1. The van der Waals surface area contributed by atoms with Crippen LogP contribution in [0.25, 0.3) is 0 Å². The highest BCUT2D eigenvalue weighted by atomic mass is 19.4. The van der Waals surface area contributed by atoms with Gasteiger partial charge in [0.1, 0.15) is 0 Å². The Balaban J connectivity index is 1.39. The maximum atomic E-state index is 14.4. The number of nitrogens with two attached hydrogens (primary N) is 1. The molecule has 1 amide bonds. The van der Waals surface area contributed by atoms with Crippen LogP contribution in [0.1, 0.15) is 46.0 Å². The first kappa shape index (κ1) is 32.9. The second kappa shape index (κ2) is 13.7. The molecule has 2 fully saturated rings. The van der Waals surface area contributed by atoms with Crippen LogP contribution in [0, 0.1) is 0 Å². The minimum atomic E-state index is -4.69. The van der Waals surface area contributed by atoms with Crippen LogP contribution in [0.15, 0.2) is 30.3 Å². The molecule has 0 aromatic heterocycles. The highest BCUT2D eigenvalue weighted by molar-refractivity contribution is 5.97. The first-order valence-electron chi connectivity index (χ1n) is 14.6. The zero-order valence-electron chi connectivity index (χ0n) is 24.6. The molecular weight excluding hydrogens is 574 g/mol. The number of carbonyl (C=O) groups is 1. The number of likely N-dealkylation sites (N-methyl/N-ethyl adjacent to an activating group) is 1. The van der Waals surface area contributed by atoms with Gasteiger partial charge in [-0.3, -0.25) is 14.6 Å². The van der Waals surface area contributed by atoms with Gasteiger partial charge in [-0.15, -0.1) is 0 Å². The van der Waals surface area contributed by atoms with E-state index in [1.165, 1.54) is 4.90 Å². The standard InChI is InChI=1S/C30H40F6N6O/c1-3-39-9-11-41(12-10-39)20-22-18-24(38-2)17-21(27(22)30(34,35)36)5-4-8-40-13-15-42(16-14-40)28(43)25-19-23(37)6-7-26(25)29(31,32)33/h6-7,17-19,38H,3-5,8-16,20,37H2,1-2H3. The summed E-state index contributed by atoms with van der Waals surface area (Å²) in [5.74, 6) is -0.735. The summed E-state index contributed by atoms with van der Waals surface area (Å²) in [6.45, 7) is 8.07. The molecule has 43 heavy (non-hydrogen) atoms. The lowest BCUT2D eigenvalue weighted by molar-refractivity contribution is -0.139. The van der Waals surface area contributed by atoms with E-state index < -0.39 is 35.0 Å². The van der Waals surface area contributed by atoms with Crippen LogP contribution < -0.4 is 11.1 Å². The summed E-state index contributed by atoms with van der Waals surface area (Å²) in [6.07, 6.45) is -8.50. The van der Waals surface area contributed by atoms with Gasteiger partial charge in [0, 0.05) is 77.3 Å². The molecule has 2 saturated heterocycles. The fraction of sp³-hybridized carbons (Fsp3) is 0.567. The molecule has 2 aromatic carbocycles. The molecule has 238 valence electrons. The van der Waals surface area contributed by atoms with Gasteiger partial charge in [-0.1, -0.05) is 6.92 Å². The van der Waals surface area contributed by atoms with Gasteiger partial charge in [0.15, 0.2) is 0 Å². The summed E-state index contributed by atoms with van der Waals surface area (Å²) in [5, 5.41) is 3.01. The molecule has 0 saturated carbocycles. The van der Waals surface area contributed by atoms with Gasteiger partial charge >= 0.3 is 12.4 Å². The molecule has 0 aliphatic carbocycles. The maximum absolute atomic E-state index is 14.4. The average Bonchev–Trinajstić information content (AvgIpc) is 2.96. The molecule has 0 unspecified atom stereocenters. The predicted octanol–water partition coefficient (Wildman–Crippen LogP) is 4.88. The van der Waals surface area contributed by atoms with Crippen molar-refractivity contribution in [1.82, 2.24) is 19.6 Å². The summed E-state index contributed by atoms with van der Waals surface area (Å²) in [6, 6.07) is 6.15. The third-order valence-corrected chi connectivity index (χ3v) is 8.34. The van der Waals surface area contributed by atoms with Crippen molar-refractivity contribution in [1.29, 1.82) is 0 Å². The summed E-state index contributed by atoms with van der Waals surface area (Å²) in [7, 11) is 1.69. The fourth-order valence-corrected chi connectivity index (χ4v) is 5.93. The van der Waals surface area contributed by atoms with Crippen LogP contribution in [0.5, 0.6) is 0 Å². The van der Waals surface area contributed by atoms with Crippen LogP contribution in [0.2, 0.25) is 0 Å². The van der Waals surface area contributed by atoms with E-state index in [0.29, 0.717) is 44.8 Å². The zero-order valence-corrected chi connectivity index (χ0v) is 24.6. The number of halogens is 6. The van der Waals surface area contributed by atoms with Gasteiger partial charge in [-0.2, -0.15) is 26.3 Å². The van der Waals surface area contributed by atoms with E-state index in [9.17, 15) is 31.1 Å². The number of benzene rings is 2. The maximum Gasteiger partial charge on any atom is 0.417 e. The van der Waals surface area contributed by atoms with E-state index in [1.54, 1.807) is 19.2 Å². The zero-order chi connectivity index (χ0) is 31.4. The van der Waals surface area contributed by atoms with Crippen molar-refractivity contribution in [3.05, 3.63) is 58.1 Å². The number of rotatable bonds is 9. The van der Waals surface area contributed by atoms with Crippen molar-refractivity contribution in [3.8, 4) is 0 Å². The first-order valence-corrected chi connectivity index (χ1v) is 14.6. The van der Waals surface area contributed by atoms with Crippen LogP contribution >= 0.6 is 0 Å². The summed E-state index contributed by atoms with van der Waals surface area (Å²) >= 11 is 0. The van der Waals surface area contributed by atoms with Gasteiger partial charge in [-0.25, -0.2) is 0 Å². The number of carbonyl (C=O) groups excluding carboxylic acids is 1. The smallest absolute Gasteiger partial charge is 0.399 e. The monoisotopic (exact) mass is 614 g/mol. The quantitative estimate of drug-likeness (QED) is 0.310. The van der Waals surface area contributed by atoms with E-state index in [4.69, 9.17) is 5.73 Å². The molecule has 2 aromatic rings. The van der Waals surface area contributed by atoms with E-state index >= 15 is 0 Å². The Bertz CT molecular complexity index is 1250. The number of alkyl halides is 6. The van der Waals surface area contributed by atoms with Crippen LogP contribution in [0.3, 0.4) is 0 Å². The highest BCUT2D eigenvalue weighted by Crippen LogP contribution is 2.38. The second-order valence-corrected chi connectivity index (χ2v) is 11.2. The lowest BCUT2D eigenvalue weighted by Gasteiger charge is -2.35. The Labute approximate surface area is 248 Å². The van der Waals surface area contributed by atoms with Crippen LogP contribution in [0.4, 0.5) is 37.7 Å². The highest BCUT2D eigenvalue weighted by Gasteiger charge is 2.38. The number of piperazine rings is 2. The molecule has 2 aliphatic heterocycles. The summed E-state index contributed by atoms with van der Waals surface area (Å²) in [4.78, 5) is 20.7. The number of aryl methyl sites for hydroxylation is 1. The molecule has 3 N–H and O–H groups in total. The number of nitrogens with zero attached hydrogens (tertiary/aromatic N) is 4. The van der Waals surface area contributed by atoms with Crippen molar-refractivity contribution in [2.45, 2.75) is 38.7 Å². The summed E-state index contributed by atoms with van der Waals surface area (Å²) < 4.78 is 83.6. The largest absolute Gasteiger partial charge is 0.417 e. The Morgan fingerprint density at radius 3 is 2.02 bits per heavy atom. The number of anilines is 2. The van der Waals surface area contributed by atoms with E-state index in [1.807, 2.05) is 4.90 Å².